The second-order valence-corrected chi connectivity index (χ2v) is 4.77. The first-order chi connectivity index (χ1) is 9.40. The highest BCUT2D eigenvalue weighted by Crippen LogP contribution is 2.30. The Kier molecular flexibility index (Phi) is 6.42. The first kappa shape index (κ1) is 16.9. The van der Waals surface area contributed by atoms with Crippen molar-refractivity contribution in [3.8, 4) is 0 Å². The Bertz CT molecular complexity index is 406. The maximum Gasteiger partial charge on any atom is 0.418 e. The molecule has 0 saturated heterocycles. The van der Waals surface area contributed by atoms with Gasteiger partial charge in [-0.3, -0.25) is 4.98 Å². The summed E-state index contributed by atoms with van der Waals surface area (Å²) >= 11 is 0. The van der Waals surface area contributed by atoms with Crippen molar-refractivity contribution in [1.82, 2.24) is 10.3 Å². The van der Waals surface area contributed by atoms with E-state index < -0.39 is 17.8 Å². The van der Waals surface area contributed by atoms with E-state index in [0.29, 0.717) is 0 Å². The quantitative estimate of drug-likeness (QED) is 0.811. The zero-order valence-corrected chi connectivity index (χ0v) is 11.7. The van der Waals surface area contributed by atoms with Crippen molar-refractivity contribution in [3.05, 3.63) is 29.6 Å². The van der Waals surface area contributed by atoms with Gasteiger partial charge in [0, 0.05) is 19.3 Å². The number of alkyl halides is 3. The maximum absolute atomic E-state index is 12.8. The third-order valence-corrected chi connectivity index (χ3v) is 3.43. The van der Waals surface area contributed by atoms with E-state index in [1.165, 1.54) is 12.3 Å². The Morgan fingerprint density at radius 1 is 1.30 bits per heavy atom. The molecule has 0 aliphatic carbocycles. The Morgan fingerprint density at radius 2 is 1.95 bits per heavy atom. The third kappa shape index (κ3) is 4.76. The lowest BCUT2D eigenvalue weighted by molar-refractivity contribution is -0.138. The van der Waals surface area contributed by atoms with Crippen molar-refractivity contribution in [2.45, 2.75) is 45.5 Å². The standard InChI is InChI=1S/C14H21F3N2O/c1-3-10(4-2)13(20)9-18-8-12-11(14(15,16)17)6-5-7-19-12/h5-7,10,13,18,20H,3-4,8-9H2,1-2H3. The topological polar surface area (TPSA) is 45.1 Å². The second-order valence-electron chi connectivity index (χ2n) is 4.77. The van der Waals surface area contributed by atoms with Crippen LogP contribution in [0.5, 0.6) is 0 Å². The number of nitrogens with zero attached hydrogens (tertiary/aromatic N) is 1. The van der Waals surface area contributed by atoms with Gasteiger partial charge in [0.2, 0.25) is 0 Å². The van der Waals surface area contributed by atoms with E-state index in [1.54, 1.807) is 0 Å². The Morgan fingerprint density at radius 3 is 2.50 bits per heavy atom. The van der Waals surface area contributed by atoms with E-state index in [-0.39, 0.29) is 24.7 Å². The fraction of sp³-hybridized carbons (Fsp3) is 0.643. The van der Waals surface area contributed by atoms with Crippen LogP contribution in [0.3, 0.4) is 0 Å². The normalized spacial score (nSPS) is 13.8. The second kappa shape index (κ2) is 7.59. The zero-order valence-electron chi connectivity index (χ0n) is 11.7. The number of halogens is 3. The number of pyridine rings is 1. The molecule has 0 spiro atoms. The average molecular weight is 290 g/mol. The summed E-state index contributed by atoms with van der Waals surface area (Å²) in [5, 5.41) is 12.8. The molecule has 0 saturated carbocycles. The lowest BCUT2D eigenvalue weighted by Crippen LogP contribution is -2.32. The molecule has 0 aromatic carbocycles. The van der Waals surface area contributed by atoms with E-state index in [9.17, 15) is 18.3 Å². The van der Waals surface area contributed by atoms with Crippen LogP contribution in [0, 0.1) is 5.92 Å². The minimum Gasteiger partial charge on any atom is -0.392 e. The van der Waals surface area contributed by atoms with Crippen molar-refractivity contribution in [3.63, 3.8) is 0 Å². The van der Waals surface area contributed by atoms with Crippen molar-refractivity contribution in [1.29, 1.82) is 0 Å². The van der Waals surface area contributed by atoms with Crippen LogP contribution in [0.15, 0.2) is 18.3 Å². The summed E-state index contributed by atoms with van der Waals surface area (Å²) in [7, 11) is 0. The number of hydrogen-bond acceptors (Lipinski definition) is 3. The summed E-state index contributed by atoms with van der Waals surface area (Å²) in [6.45, 7) is 4.23. The highest BCUT2D eigenvalue weighted by molar-refractivity contribution is 5.22. The Labute approximate surface area is 117 Å². The minimum atomic E-state index is -4.40. The molecule has 1 aromatic rings. The van der Waals surface area contributed by atoms with Crippen LogP contribution in [-0.4, -0.2) is 22.7 Å². The molecule has 1 heterocycles. The summed E-state index contributed by atoms with van der Waals surface area (Å²) in [5.41, 5.74) is -0.777. The van der Waals surface area contributed by atoms with Crippen molar-refractivity contribution < 1.29 is 18.3 Å². The molecule has 114 valence electrons. The van der Waals surface area contributed by atoms with Crippen LogP contribution in [0.1, 0.15) is 37.9 Å². The predicted octanol–water partition coefficient (Wildman–Crippen LogP) is 2.99. The molecular weight excluding hydrogens is 269 g/mol. The van der Waals surface area contributed by atoms with Gasteiger partial charge in [0.1, 0.15) is 0 Å². The van der Waals surface area contributed by atoms with Gasteiger partial charge in [-0.05, 0) is 18.1 Å². The highest BCUT2D eigenvalue weighted by atomic mass is 19.4. The Balaban J connectivity index is 2.59. The number of aromatic nitrogens is 1. The summed E-state index contributed by atoms with van der Waals surface area (Å²) in [6, 6.07) is 2.28. The fourth-order valence-electron chi connectivity index (χ4n) is 2.17. The van der Waals surface area contributed by atoms with Gasteiger partial charge in [0.25, 0.3) is 0 Å². The van der Waals surface area contributed by atoms with Gasteiger partial charge in [0.05, 0.1) is 17.4 Å². The van der Waals surface area contributed by atoms with Crippen molar-refractivity contribution in [2.24, 2.45) is 5.92 Å². The molecule has 0 amide bonds. The molecule has 1 unspecified atom stereocenters. The molecular formula is C14H21F3N2O. The SMILES string of the molecule is CCC(CC)C(O)CNCc1ncccc1C(F)(F)F. The number of nitrogens with one attached hydrogen (secondary N) is 1. The maximum atomic E-state index is 12.8. The minimum absolute atomic E-state index is 0.00705. The molecule has 20 heavy (non-hydrogen) atoms. The zero-order chi connectivity index (χ0) is 15.2. The summed E-state index contributed by atoms with van der Waals surface area (Å²) < 4.78 is 38.3. The molecule has 0 radical (unpaired) electrons. The Hall–Kier alpha value is -1.14. The first-order valence-electron chi connectivity index (χ1n) is 6.80. The smallest absolute Gasteiger partial charge is 0.392 e. The lowest BCUT2D eigenvalue weighted by atomic mass is 9.96. The van der Waals surface area contributed by atoms with E-state index in [1.807, 2.05) is 13.8 Å². The number of rotatable bonds is 7. The highest BCUT2D eigenvalue weighted by Gasteiger charge is 2.33. The molecule has 3 nitrogen and oxygen atoms in total. The van der Waals surface area contributed by atoms with Crippen LogP contribution in [0.2, 0.25) is 0 Å². The van der Waals surface area contributed by atoms with E-state index in [0.717, 1.165) is 18.9 Å². The van der Waals surface area contributed by atoms with E-state index in [2.05, 4.69) is 10.3 Å². The van der Waals surface area contributed by atoms with Crippen LogP contribution in [0.4, 0.5) is 13.2 Å². The number of hydrogen-bond donors (Lipinski definition) is 2. The lowest BCUT2D eigenvalue weighted by Gasteiger charge is -2.20. The molecule has 1 rings (SSSR count). The van der Waals surface area contributed by atoms with Gasteiger partial charge >= 0.3 is 6.18 Å². The molecule has 0 fully saturated rings. The van der Waals surface area contributed by atoms with E-state index >= 15 is 0 Å². The van der Waals surface area contributed by atoms with Gasteiger partial charge in [-0.15, -0.1) is 0 Å². The summed E-state index contributed by atoms with van der Waals surface area (Å²) in [4.78, 5) is 3.76. The molecule has 1 atom stereocenters. The molecule has 0 aliphatic rings. The molecule has 0 aliphatic heterocycles. The van der Waals surface area contributed by atoms with Gasteiger partial charge in [-0.2, -0.15) is 13.2 Å². The monoisotopic (exact) mass is 290 g/mol. The van der Waals surface area contributed by atoms with Crippen LogP contribution in [-0.2, 0) is 12.7 Å². The predicted molar refractivity (Wildman–Crippen MR) is 71.0 cm³/mol. The van der Waals surface area contributed by atoms with Crippen molar-refractivity contribution in [2.75, 3.05) is 6.54 Å². The average Bonchev–Trinajstić information content (AvgIpc) is 2.39. The summed E-state index contributed by atoms with van der Waals surface area (Å²) in [5.74, 6) is 0.160. The van der Waals surface area contributed by atoms with Gasteiger partial charge < -0.3 is 10.4 Å². The number of aliphatic hydroxyl groups is 1. The fourth-order valence-corrected chi connectivity index (χ4v) is 2.17. The largest absolute Gasteiger partial charge is 0.418 e. The van der Waals surface area contributed by atoms with Crippen LogP contribution in [0.25, 0.3) is 0 Å². The third-order valence-electron chi connectivity index (χ3n) is 3.43. The van der Waals surface area contributed by atoms with E-state index in [4.69, 9.17) is 0 Å². The van der Waals surface area contributed by atoms with Crippen LogP contribution >= 0.6 is 0 Å². The molecule has 0 bridgehead atoms. The molecule has 2 N–H and O–H groups in total. The van der Waals surface area contributed by atoms with Gasteiger partial charge in [-0.25, -0.2) is 0 Å². The van der Waals surface area contributed by atoms with Gasteiger partial charge in [-0.1, -0.05) is 26.7 Å². The van der Waals surface area contributed by atoms with Crippen molar-refractivity contribution >= 4 is 0 Å². The van der Waals surface area contributed by atoms with Gasteiger partial charge in [0.15, 0.2) is 0 Å². The number of aliphatic hydroxyl groups excluding tert-OH is 1. The molecule has 6 heteroatoms. The van der Waals surface area contributed by atoms with Crippen LogP contribution < -0.4 is 5.32 Å². The molecule has 1 aromatic heterocycles. The summed E-state index contributed by atoms with van der Waals surface area (Å²) in [6.07, 6.45) is -1.93. The first-order valence-corrected chi connectivity index (χ1v) is 6.80.